The van der Waals surface area contributed by atoms with E-state index in [4.69, 9.17) is 9.57 Å². The number of hydrogen-bond donors (Lipinski definition) is 0. The van der Waals surface area contributed by atoms with Crippen molar-refractivity contribution >= 4 is 11.8 Å². The van der Waals surface area contributed by atoms with Gasteiger partial charge in [-0.15, -0.1) is 0 Å². The summed E-state index contributed by atoms with van der Waals surface area (Å²) in [6.45, 7) is 5.43. The molecule has 2 aliphatic rings. The molecule has 0 unspecified atom stereocenters. The van der Waals surface area contributed by atoms with Crippen molar-refractivity contribution in [2.45, 2.75) is 57.7 Å². The van der Waals surface area contributed by atoms with Gasteiger partial charge in [-0.25, -0.2) is 0 Å². The van der Waals surface area contributed by atoms with Crippen LogP contribution in [0.25, 0.3) is 0 Å². The molecule has 1 fully saturated rings. The third-order valence-corrected chi connectivity index (χ3v) is 4.05. The summed E-state index contributed by atoms with van der Waals surface area (Å²) in [4.78, 5) is 18.8. The minimum absolute atomic E-state index is 0.391. The van der Waals surface area contributed by atoms with Crippen LogP contribution < -0.4 is 0 Å². The highest BCUT2D eigenvalue weighted by molar-refractivity contribution is 5.78. The van der Waals surface area contributed by atoms with E-state index in [1.165, 1.54) is 4.90 Å². The van der Waals surface area contributed by atoms with Crippen molar-refractivity contribution < 1.29 is 27.5 Å². The molecule has 0 N–H and O–H groups in total. The molecule has 5 nitrogen and oxygen atoms in total. The SMILES string of the molecule is CC(C)COC1=NOC2(CCN(C(=O)CCC(F)(F)F)CC2)C1. The van der Waals surface area contributed by atoms with Gasteiger partial charge in [-0.05, 0) is 5.92 Å². The van der Waals surface area contributed by atoms with E-state index in [2.05, 4.69) is 5.16 Å². The van der Waals surface area contributed by atoms with Crippen LogP contribution in [0.15, 0.2) is 5.16 Å². The highest BCUT2D eigenvalue weighted by Gasteiger charge is 2.44. The predicted octanol–water partition coefficient (Wildman–Crippen LogP) is 3.10. The standard InChI is InChI=1S/C15H23F3N2O3/c1-11(2)10-22-12-9-14(23-19-12)5-7-20(8-6-14)13(21)3-4-15(16,17)18/h11H,3-10H2,1-2H3. The van der Waals surface area contributed by atoms with Gasteiger partial charge in [0.1, 0.15) is 5.60 Å². The van der Waals surface area contributed by atoms with Gasteiger partial charge in [0.05, 0.1) is 19.4 Å². The molecule has 2 aliphatic heterocycles. The van der Waals surface area contributed by atoms with E-state index < -0.39 is 30.5 Å². The molecule has 8 heteroatoms. The Labute approximate surface area is 133 Å². The van der Waals surface area contributed by atoms with Crippen molar-refractivity contribution in [2.24, 2.45) is 11.1 Å². The van der Waals surface area contributed by atoms with Crippen LogP contribution in [0.3, 0.4) is 0 Å². The Kier molecular flexibility index (Phi) is 5.41. The van der Waals surface area contributed by atoms with Gasteiger partial charge in [0.25, 0.3) is 0 Å². The lowest BCUT2D eigenvalue weighted by atomic mass is 9.88. The third-order valence-electron chi connectivity index (χ3n) is 4.05. The number of rotatable bonds is 4. The molecule has 1 amide bonds. The molecule has 2 rings (SSSR count). The molecule has 0 bridgehead atoms. The minimum Gasteiger partial charge on any atom is -0.478 e. The van der Waals surface area contributed by atoms with Gasteiger partial charge in [0, 0.05) is 32.4 Å². The van der Waals surface area contributed by atoms with Crippen LogP contribution in [0.1, 0.15) is 46.0 Å². The third kappa shape index (κ3) is 5.28. The summed E-state index contributed by atoms with van der Waals surface area (Å²) in [5.74, 6) is 0.505. The van der Waals surface area contributed by atoms with Gasteiger partial charge >= 0.3 is 6.18 Å². The average Bonchev–Trinajstić information content (AvgIpc) is 2.86. The fraction of sp³-hybridized carbons (Fsp3) is 0.867. The predicted molar refractivity (Wildman–Crippen MR) is 77.8 cm³/mol. The van der Waals surface area contributed by atoms with Gasteiger partial charge in [-0.1, -0.05) is 19.0 Å². The van der Waals surface area contributed by atoms with E-state index >= 15 is 0 Å². The number of alkyl halides is 3. The molecule has 0 aliphatic carbocycles. The number of ether oxygens (including phenoxy) is 1. The van der Waals surface area contributed by atoms with E-state index in [-0.39, 0.29) is 0 Å². The lowest BCUT2D eigenvalue weighted by Crippen LogP contribution is -2.47. The lowest BCUT2D eigenvalue weighted by Gasteiger charge is -2.37. The highest BCUT2D eigenvalue weighted by Crippen LogP contribution is 2.35. The fourth-order valence-corrected chi connectivity index (χ4v) is 2.67. The second kappa shape index (κ2) is 6.97. The number of likely N-dealkylation sites (tertiary alicyclic amines) is 1. The number of amides is 1. The Morgan fingerprint density at radius 2 is 2.04 bits per heavy atom. The van der Waals surface area contributed by atoms with Crippen molar-refractivity contribution in [1.29, 1.82) is 0 Å². The molecule has 23 heavy (non-hydrogen) atoms. The van der Waals surface area contributed by atoms with Crippen LogP contribution in [-0.4, -0.2) is 48.2 Å². The first-order valence-electron chi connectivity index (χ1n) is 7.91. The second-order valence-electron chi connectivity index (χ2n) is 6.64. The summed E-state index contributed by atoms with van der Waals surface area (Å²) in [5.41, 5.74) is -0.465. The highest BCUT2D eigenvalue weighted by atomic mass is 19.4. The first kappa shape index (κ1) is 17.9. The van der Waals surface area contributed by atoms with Crippen molar-refractivity contribution in [1.82, 2.24) is 4.90 Å². The molecular formula is C15H23F3N2O3. The number of carbonyl (C=O) groups excluding carboxylic acids is 1. The first-order chi connectivity index (χ1) is 10.7. The molecule has 0 aromatic carbocycles. The van der Waals surface area contributed by atoms with Gasteiger partial charge in [0.2, 0.25) is 11.8 Å². The zero-order chi connectivity index (χ0) is 17.1. The maximum Gasteiger partial charge on any atom is 0.389 e. The minimum atomic E-state index is -4.29. The number of carbonyl (C=O) groups is 1. The van der Waals surface area contributed by atoms with Crippen LogP contribution in [0.5, 0.6) is 0 Å². The Morgan fingerprint density at radius 1 is 1.39 bits per heavy atom. The van der Waals surface area contributed by atoms with E-state index in [9.17, 15) is 18.0 Å². The molecule has 1 saturated heterocycles. The molecular weight excluding hydrogens is 313 g/mol. The Morgan fingerprint density at radius 3 is 2.61 bits per heavy atom. The number of halogens is 3. The van der Waals surface area contributed by atoms with Crippen molar-refractivity contribution in [3.8, 4) is 0 Å². The molecule has 0 aromatic heterocycles. The molecule has 132 valence electrons. The summed E-state index contributed by atoms with van der Waals surface area (Å²) in [7, 11) is 0. The topological polar surface area (TPSA) is 51.1 Å². The molecule has 2 heterocycles. The van der Waals surface area contributed by atoms with E-state index in [0.717, 1.165) is 0 Å². The van der Waals surface area contributed by atoms with Gasteiger partial charge in [0.15, 0.2) is 0 Å². The van der Waals surface area contributed by atoms with E-state index in [1.54, 1.807) is 0 Å². The van der Waals surface area contributed by atoms with Crippen molar-refractivity contribution in [2.75, 3.05) is 19.7 Å². The zero-order valence-corrected chi connectivity index (χ0v) is 13.5. The van der Waals surface area contributed by atoms with Crippen molar-refractivity contribution in [3.05, 3.63) is 0 Å². The Balaban J connectivity index is 1.75. The van der Waals surface area contributed by atoms with Crippen LogP contribution in [0.4, 0.5) is 13.2 Å². The number of nitrogens with zero attached hydrogens (tertiary/aromatic N) is 2. The van der Waals surface area contributed by atoms with Crippen LogP contribution in [0, 0.1) is 5.92 Å². The maximum absolute atomic E-state index is 12.2. The number of oxime groups is 1. The second-order valence-corrected chi connectivity index (χ2v) is 6.64. The first-order valence-corrected chi connectivity index (χ1v) is 7.91. The van der Waals surface area contributed by atoms with Crippen LogP contribution >= 0.6 is 0 Å². The quantitative estimate of drug-likeness (QED) is 0.793. The summed E-state index contributed by atoms with van der Waals surface area (Å²) < 4.78 is 42.1. The fourth-order valence-electron chi connectivity index (χ4n) is 2.67. The zero-order valence-electron chi connectivity index (χ0n) is 13.5. The number of hydrogen-bond acceptors (Lipinski definition) is 4. The average molecular weight is 336 g/mol. The Hall–Kier alpha value is -1.47. The maximum atomic E-state index is 12.2. The summed E-state index contributed by atoms with van der Waals surface area (Å²) in [6.07, 6.45) is -4.18. The van der Waals surface area contributed by atoms with Gasteiger partial charge < -0.3 is 14.5 Å². The molecule has 0 saturated carbocycles. The van der Waals surface area contributed by atoms with Gasteiger partial charge in [-0.2, -0.15) is 13.2 Å². The molecule has 1 spiro atoms. The normalized spacial score (nSPS) is 20.6. The van der Waals surface area contributed by atoms with Crippen LogP contribution in [-0.2, 0) is 14.4 Å². The Bertz CT molecular complexity index is 455. The summed E-state index contributed by atoms with van der Waals surface area (Å²) in [6, 6.07) is 0. The van der Waals surface area contributed by atoms with Crippen molar-refractivity contribution in [3.63, 3.8) is 0 Å². The monoisotopic (exact) mass is 336 g/mol. The lowest BCUT2D eigenvalue weighted by molar-refractivity contribution is -0.152. The molecule has 0 radical (unpaired) electrons. The molecule has 0 atom stereocenters. The smallest absolute Gasteiger partial charge is 0.389 e. The largest absolute Gasteiger partial charge is 0.478 e. The van der Waals surface area contributed by atoms with Gasteiger partial charge in [-0.3, -0.25) is 4.79 Å². The van der Waals surface area contributed by atoms with E-state index in [1.807, 2.05) is 13.8 Å². The summed E-state index contributed by atoms with van der Waals surface area (Å²) >= 11 is 0. The van der Waals surface area contributed by atoms with E-state index in [0.29, 0.717) is 50.8 Å². The number of piperidine rings is 1. The van der Waals surface area contributed by atoms with Crippen LogP contribution in [0.2, 0.25) is 0 Å². The summed E-state index contributed by atoms with van der Waals surface area (Å²) in [5, 5.41) is 3.97. The molecule has 0 aromatic rings.